The Kier molecular flexibility index (Phi) is 5.26. The van der Waals surface area contributed by atoms with E-state index in [2.05, 4.69) is 24.4 Å². The van der Waals surface area contributed by atoms with Gasteiger partial charge in [0.25, 0.3) is 0 Å². The highest BCUT2D eigenvalue weighted by Crippen LogP contribution is 2.38. The number of hydrogen-bond acceptors (Lipinski definition) is 4. The Bertz CT molecular complexity index is 536. The monoisotopic (exact) mass is 315 g/mol. The highest BCUT2D eigenvalue weighted by atomic mass is 32.2. The van der Waals surface area contributed by atoms with Crippen molar-refractivity contribution in [3.05, 3.63) is 21.9 Å². The van der Waals surface area contributed by atoms with Gasteiger partial charge in [-0.3, -0.25) is 0 Å². The predicted octanol–water partition coefficient (Wildman–Crippen LogP) is 3.17. The van der Waals surface area contributed by atoms with Gasteiger partial charge in [-0.15, -0.1) is 11.3 Å². The topological polar surface area (TPSA) is 46.2 Å². The SMILES string of the molecule is CCc1ccc(C(NC)C2CCCC(S(C)(=O)=O)C2)s1. The maximum atomic E-state index is 11.8. The largest absolute Gasteiger partial charge is 0.312 e. The minimum Gasteiger partial charge on any atom is -0.312 e. The molecule has 20 heavy (non-hydrogen) atoms. The van der Waals surface area contributed by atoms with Gasteiger partial charge in [0.1, 0.15) is 9.84 Å². The Balaban J connectivity index is 2.15. The van der Waals surface area contributed by atoms with E-state index in [0.717, 1.165) is 32.1 Å². The van der Waals surface area contributed by atoms with Crippen molar-refractivity contribution in [3.63, 3.8) is 0 Å². The summed E-state index contributed by atoms with van der Waals surface area (Å²) in [6, 6.07) is 4.69. The fourth-order valence-corrected chi connectivity index (χ4v) is 5.58. The summed E-state index contributed by atoms with van der Waals surface area (Å²) in [4.78, 5) is 2.75. The van der Waals surface area contributed by atoms with Crippen LogP contribution in [0, 0.1) is 5.92 Å². The van der Waals surface area contributed by atoms with Crippen LogP contribution in [0.3, 0.4) is 0 Å². The minimum atomic E-state index is -2.91. The molecule has 0 bridgehead atoms. The molecule has 1 saturated carbocycles. The predicted molar refractivity (Wildman–Crippen MR) is 86.1 cm³/mol. The van der Waals surface area contributed by atoms with Crippen LogP contribution in [0.15, 0.2) is 12.1 Å². The lowest BCUT2D eigenvalue weighted by atomic mass is 9.83. The van der Waals surface area contributed by atoms with Crippen molar-refractivity contribution >= 4 is 21.2 Å². The van der Waals surface area contributed by atoms with Gasteiger partial charge in [-0.25, -0.2) is 8.42 Å². The summed E-state index contributed by atoms with van der Waals surface area (Å²) in [5.41, 5.74) is 0. The van der Waals surface area contributed by atoms with Gasteiger partial charge in [0.05, 0.1) is 5.25 Å². The Hall–Kier alpha value is -0.390. The standard InChI is InChI=1S/C15H25NO2S2/c1-4-12-8-9-14(19-12)15(16-2)11-6-5-7-13(10-11)20(3,17)18/h8-9,11,13,15-16H,4-7,10H2,1-3H3. The van der Waals surface area contributed by atoms with Gasteiger partial charge >= 0.3 is 0 Å². The van der Waals surface area contributed by atoms with Crippen LogP contribution in [0.4, 0.5) is 0 Å². The van der Waals surface area contributed by atoms with Crippen LogP contribution in [0.2, 0.25) is 0 Å². The zero-order valence-electron chi connectivity index (χ0n) is 12.6. The van der Waals surface area contributed by atoms with Gasteiger partial charge in [0, 0.05) is 22.1 Å². The lowest BCUT2D eigenvalue weighted by molar-refractivity contribution is 0.285. The number of sulfone groups is 1. The van der Waals surface area contributed by atoms with Gasteiger partial charge in [0.2, 0.25) is 0 Å². The fourth-order valence-electron chi connectivity index (χ4n) is 3.23. The van der Waals surface area contributed by atoms with E-state index in [1.165, 1.54) is 16.0 Å². The number of nitrogens with one attached hydrogen (secondary N) is 1. The zero-order chi connectivity index (χ0) is 14.8. The molecule has 1 N–H and O–H groups in total. The van der Waals surface area contributed by atoms with Crippen molar-refractivity contribution in [2.45, 2.75) is 50.3 Å². The molecule has 2 rings (SSSR count). The maximum Gasteiger partial charge on any atom is 0.150 e. The summed E-state index contributed by atoms with van der Waals surface area (Å²) in [5.74, 6) is 0.428. The Morgan fingerprint density at radius 2 is 2.15 bits per heavy atom. The molecule has 114 valence electrons. The molecule has 1 fully saturated rings. The third kappa shape index (κ3) is 3.62. The Morgan fingerprint density at radius 3 is 2.70 bits per heavy atom. The Labute approximate surface area is 126 Å². The smallest absolute Gasteiger partial charge is 0.150 e. The van der Waals surface area contributed by atoms with Gasteiger partial charge < -0.3 is 5.32 Å². The van der Waals surface area contributed by atoms with E-state index in [4.69, 9.17) is 0 Å². The first-order chi connectivity index (χ1) is 9.45. The molecule has 1 heterocycles. The molecule has 3 atom stereocenters. The average molecular weight is 316 g/mol. The van der Waals surface area contributed by atoms with E-state index in [9.17, 15) is 8.42 Å². The summed E-state index contributed by atoms with van der Waals surface area (Å²) >= 11 is 1.86. The number of thiophene rings is 1. The highest BCUT2D eigenvalue weighted by molar-refractivity contribution is 7.91. The molecule has 3 unspecified atom stereocenters. The quantitative estimate of drug-likeness (QED) is 0.908. The lowest BCUT2D eigenvalue weighted by Crippen LogP contribution is -2.34. The van der Waals surface area contributed by atoms with Gasteiger partial charge in [-0.1, -0.05) is 13.3 Å². The van der Waals surface area contributed by atoms with Crippen molar-refractivity contribution in [3.8, 4) is 0 Å². The molecule has 1 aliphatic carbocycles. The van der Waals surface area contributed by atoms with Crippen LogP contribution >= 0.6 is 11.3 Å². The second-order valence-electron chi connectivity index (χ2n) is 5.80. The molecule has 0 saturated heterocycles. The van der Waals surface area contributed by atoms with Crippen molar-refractivity contribution < 1.29 is 8.42 Å². The van der Waals surface area contributed by atoms with Crippen LogP contribution < -0.4 is 5.32 Å². The minimum absolute atomic E-state index is 0.150. The summed E-state index contributed by atoms with van der Waals surface area (Å²) < 4.78 is 23.6. The van der Waals surface area contributed by atoms with Crippen LogP contribution in [0.25, 0.3) is 0 Å². The van der Waals surface area contributed by atoms with Gasteiger partial charge in [-0.05, 0) is 50.8 Å². The van der Waals surface area contributed by atoms with Gasteiger partial charge in [0.15, 0.2) is 0 Å². The average Bonchev–Trinajstić information content (AvgIpc) is 2.88. The maximum absolute atomic E-state index is 11.8. The number of hydrogen-bond donors (Lipinski definition) is 1. The molecule has 0 spiro atoms. The van der Waals surface area contributed by atoms with Crippen LogP contribution in [0.1, 0.15) is 48.4 Å². The van der Waals surface area contributed by atoms with Crippen molar-refractivity contribution in [1.29, 1.82) is 0 Å². The highest BCUT2D eigenvalue weighted by Gasteiger charge is 2.33. The van der Waals surface area contributed by atoms with Crippen molar-refractivity contribution in [2.24, 2.45) is 5.92 Å². The summed E-state index contributed by atoms with van der Waals surface area (Å²) in [7, 11) is -0.920. The molecule has 3 nitrogen and oxygen atoms in total. The second kappa shape index (κ2) is 6.58. The first-order valence-corrected chi connectivity index (χ1v) is 10.2. The van der Waals surface area contributed by atoms with E-state index in [0.29, 0.717) is 12.0 Å². The molecule has 0 aromatic carbocycles. The van der Waals surface area contributed by atoms with Crippen LogP contribution in [0.5, 0.6) is 0 Å². The molecule has 0 radical (unpaired) electrons. The van der Waals surface area contributed by atoms with Crippen molar-refractivity contribution in [2.75, 3.05) is 13.3 Å². The molecular weight excluding hydrogens is 290 g/mol. The molecule has 1 aromatic heterocycles. The van der Waals surface area contributed by atoms with E-state index in [1.807, 2.05) is 18.4 Å². The van der Waals surface area contributed by atoms with Crippen molar-refractivity contribution in [1.82, 2.24) is 5.32 Å². The number of rotatable bonds is 5. The lowest BCUT2D eigenvalue weighted by Gasteiger charge is -2.33. The van der Waals surface area contributed by atoms with E-state index in [-0.39, 0.29) is 5.25 Å². The molecule has 0 amide bonds. The summed E-state index contributed by atoms with van der Waals surface area (Å²) in [5, 5.41) is 3.26. The second-order valence-corrected chi connectivity index (χ2v) is 9.33. The van der Waals surface area contributed by atoms with Crippen LogP contribution in [-0.4, -0.2) is 27.0 Å². The Morgan fingerprint density at radius 1 is 1.40 bits per heavy atom. The fraction of sp³-hybridized carbons (Fsp3) is 0.733. The number of aryl methyl sites for hydroxylation is 1. The molecular formula is C15H25NO2S2. The van der Waals surface area contributed by atoms with E-state index < -0.39 is 9.84 Å². The third-order valence-electron chi connectivity index (χ3n) is 4.39. The molecule has 1 aliphatic rings. The van der Waals surface area contributed by atoms with E-state index >= 15 is 0 Å². The summed E-state index contributed by atoms with van der Waals surface area (Å²) in [6.07, 6.45) is 6.22. The molecule has 0 aliphatic heterocycles. The summed E-state index contributed by atoms with van der Waals surface area (Å²) in [6.45, 7) is 2.17. The first kappa shape index (κ1) is 16.0. The normalized spacial score (nSPS) is 25.6. The first-order valence-electron chi connectivity index (χ1n) is 7.40. The van der Waals surface area contributed by atoms with Crippen LogP contribution in [-0.2, 0) is 16.3 Å². The molecule has 5 heteroatoms. The molecule has 1 aromatic rings. The van der Waals surface area contributed by atoms with Gasteiger partial charge in [-0.2, -0.15) is 0 Å². The van der Waals surface area contributed by atoms with E-state index in [1.54, 1.807) is 0 Å². The third-order valence-corrected chi connectivity index (χ3v) is 7.34. The zero-order valence-corrected chi connectivity index (χ0v) is 14.2.